The van der Waals surface area contributed by atoms with Crippen molar-refractivity contribution >= 4 is 28.1 Å². The van der Waals surface area contributed by atoms with E-state index < -0.39 is 0 Å². The number of aromatic nitrogens is 2. The average molecular weight is 414 g/mol. The molecule has 1 aliphatic carbocycles. The number of benzene rings is 1. The number of ether oxygens (including phenoxy) is 1. The van der Waals surface area contributed by atoms with Crippen molar-refractivity contribution in [2.24, 2.45) is 0 Å². The number of thiazole rings is 1. The molecule has 4 rings (SSSR count). The van der Waals surface area contributed by atoms with Gasteiger partial charge in [0.2, 0.25) is 0 Å². The van der Waals surface area contributed by atoms with Crippen LogP contribution in [0.25, 0.3) is 16.2 Å². The number of hydrogen-bond donors (Lipinski definition) is 2. The van der Waals surface area contributed by atoms with Crippen molar-refractivity contribution in [2.75, 3.05) is 11.9 Å². The van der Waals surface area contributed by atoms with Gasteiger partial charge in [-0.2, -0.15) is 0 Å². The first-order valence-corrected chi connectivity index (χ1v) is 11.1. The molecule has 3 aromatic rings. The van der Waals surface area contributed by atoms with Crippen molar-refractivity contribution in [3.63, 3.8) is 0 Å². The molecular formula is C22H27N3O3S. The number of phenolic OH excluding ortho intramolecular Hbond substituents is 1. The Labute approximate surface area is 174 Å². The van der Waals surface area contributed by atoms with Gasteiger partial charge in [-0.25, -0.2) is 9.78 Å². The topological polar surface area (TPSA) is 75.9 Å². The van der Waals surface area contributed by atoms with E-state index in [1.807, 2.05) is 30.4 Å². The van der Waals surface area contributed by atoms with E-state index in [0.717, 1.165) is 40.6 Å². The lowest BCUT2D eigenvalue weighted by molar-refractivity contribution is 0.0531. The first-order chi connectivity index (χ1) is 14.1. The maximum Gasteiger partial charge on any atom is 0.350 e. The molecule has 0 atom stereocenters. The van der Waals surface area contributed by atoms with Gasteiger partial charge in [-0.1, -0.05) is 37.0 Å². The molecule has 6 nitrogen and oxygen atoms in total. The predicted molar refractivity (Wildman–Crippen MR) is 116 cm³/mol. The van der Waals surface area contributed by atoms with Crippen LogP contribution in [-0.4, -0.2) is 33.1 Å². The van der Waals surface area contributed by atoms with E-state index in [2.05, 4.69) is 5.32 Å². The Morgan fingerprint density at radius 1 is 1.24 bits per heavy atom. The van der Waals surface area contributed by atoms with Crippen LogP contribution in [-0.2, 0) is 4.74 Å². The standard InChI is InChI=1S/C22H27N3O3S/c1-3-28-21(27)19-14(2)25-20(23-16-8-6-4-5-7-9-16)18(24-22(25)29-19)15-10-12-17(26)13-11-15/h10-13,16,23,26H,3-9H2,1-2H3. The molecule has 0 aliphatic heterocycles. The summed E-state index contributed by atoms with van der Waals surface area (Å²) in [4.78, 5) is 18.6. The minimum Gasteiger partial charge on any atom is -0.508 e. The van der Waals surface area contributed by atoms with Crippen LogP contribution < -0.4 is 5.32 Å². The minimum atomic E-state index is -0.299. The van der Waals surface area contributed by atoms with Crippen molar-refractivity contribution in [3.8, 4) is 17.0 Å². The van der Waals surface area contributed by atoms with Gasteiger partial charge in [0.05, 0.1) is 6.61 Å². The summed E-state index contributed by atoms with van der Waals surface area (Å²) in [7, 11) is 0. The highest BCUT2D eigenvalue weighted by Gasteiger charge is 2.25. The number of esters is 1. The number of fused-ring (bicyclic) bond motifs is 1. The molecule has 1 saturated carbocycles. The second-order valence-electron chi connectivity index (χ2n) is 7.54. The molecule has 1 fully saturated rings. The summed E-state index contributed by atoms with van der Waals surface area (Å²) in [5, 5.41) is 13.4. The molecular weight excluding hydrogens is 386 g/mol. The van der Waals surface area contributed by atoms with Gasteiger partial charge in [-0.05, 0) is 51.0 Å². The number of phenols is 1. The third kappa shape index (κ3) is 3.96. The van der Waals surface area contributed by atoms with Crippen LogP contribution in [0.4, 0.5) is 5.82 Å². The molecule has 2 N–H and O–H groups in total. The Hall–Kier alpha value is -2.54. The monoisotopic (exact) mass is 413 g/mol. The molecule has 0 amide bonds. The van der Waals surface area contributed by atoms with Gasteiger partial charge in [-0.15, -0.1) is 0 Å². The van der Waals surface area contributed by atoms with E-state index in [-0.39, 0.29) is 11.7 Å². The number of nitrogens with one attached hydrogen (secondary N) is 1. The molecule has 29 heavy (non-hydrogen) atoms. The lowest BCUT2D eigenvalue weighted by Gasteiger charge is -2.18. The van der Waals surface area contributed by atoms with Crippen LogP contribution in [0.5, 0.6) is 5.75 Å². The van der Waals surface area contributed by atoms with Gasteiger partial charge in [0.15, 0.2) is 4.96 Å². The van der Waals surface area contributed by atoms with Crippen LogP contribution in [0, 0.1) is 6.92 Å². The summed E-state index contributed by atoms with van der Waals surface area (Å²) in [5.74, 6) is 0.850. The van der Waals surface area contributed by atoms with Gasteiger partial charge < -0.3 is 15.2 Å². The molecule has 154 valence electrons. The van der Waals surface area contributed by atoms with Crippen LogP contribution >= 0.6 is 11.3 Å². The largest absolute Gasteiger partial charge is 0.508 e. The first-order valence-electron chi connectivity index (χ1n) is 10.3. The Balaban J connectivity index is 1.81. The van der Waals surface area contributed by atoms with Gasteiger partial charge in [0.25, 0.3) is 0 Å². The summed E-state index contributed by atoms with van der Waals surface area (Å²) in [6, 6.07) is 7.49. The van der Waals surface area contributed by atoms with Crippen molar-refractivity contribution in [1.82, 2.24) is 9.38 Å². The lowest BCUT2D eigenvalue weighted by atomic mass is 10.1. The van der Waals surface area contributed by atoms with Gasteiger partial charge in [-0.3, -0.25) is 4.40 Å². The van der Waals surface area contributed by atoms with E-state index >= 15 is 0 Å². The molecule has 0 saturated heterocycles. The molecule has 0 unspecified atom stereocenters. The molecule has 7 heteroatoms. The summed E-state index contributed by atoms with van der Waals surface area (Å²) < 4.78 is 7.27. The summed E-state index contributed by atoms with van der Waals surface area (Å²) in [6.45, 7) is 4.11. The number of carbonyl (C=O) groups is 1. The first kappa shape index (κ1) is 19.8. The third-order valence-corrected chi connectivity index (χ3v) is 6.62. The Kier molecular flexibility index (Phi) is 5.76. The van der Waals surface area contributed by atoms with E-state index in [9.17, 15) is 9.90 Å². The Morgan fingerprint density at radius 2 is 1.93 bits per heavy atom. The number of imidazole rings is 1. The van der Waals surface area contributed by atoms with E-state index in [0.29, 0.717) is 17.5 Å². The Morgan fingerprint density at radius 3 is 2.59 bits per heavy atom. The summed E-state index contributed by atoms with van der Waals surface area (Å²) in [5.41, 5.74) is 2.63. The zero-order valence-electron chi connectivity index (χ0n) is 16.9. The van der Waals surface area contributed by atoms with Gasteiger partial charge >= 0.3 is 5.97 Å². The molecule has 0 bridgehead atoms. The van der Waals surface area contributed by atoms with Crippen molar-refractivity contribution in [2.45, 2.75) is 58.4 Å². The maximum absolute atomic E-state index is 12.4. The van der Waals surface area contributed by atoms with Crippen molar-refractivity contribution in [3.05, 3.63) is 34.8 Å². The number of hydrogen-bond acceptors (Lipinski definition) is 6. The molecule has 1 aliphatic rings. The maximum atomic E-state index is 12.4. The fraction of sp³-hybridized carbons (Fsp3) is 0.455. The van der Waals surface area contributed by atoms with Crippen molar-refractivity contribution < 1.29 is 14.6 Å². The highest BCUT2D eigenvalue weighted by molar-refractivity contribution is 7.19. The molecule has 0 radical (unpaired) electrons. The van der Waals surface area contributed by atoms with E-state index in [1.165, 1.54) is 37.0 Å². The van der Waals surface area contributed by atoms with Crippen LogP contribution in [0.1, 0.15) is 60.8 Å². The van der Waals surface area contributed by atoms with Crippen LogP contribution in [0.15, 0.2) is 24.3 Å². The van der Waals surface area contributed by atoms with E-state index in [4.69, 9.17) is 9.72 Å². The van der Waals surface area contributed by atoms with Crippen LogP contribution in [0.2, 0.25) is 0 Å². The second-order valence-corrected chi connectivity index (χ2v) is 8.52. The minimum absolute atomic E-state index is 0.230. The summed E-state index contributed by atoms with van der Waals surface area (Å²) >= 11 is 1.36. The fourth-order valence-electron chi connectivity index (χ4n) is 4.00. The number of carbonyl (C=O) groups excluding carboxylic acids is 1. The smallest absolute Gasteiger partial charge is 0.350 e. The summed E-state index contributed by atoms with van der Waals surface area (Å²) in [6.07, 6.45) is 7.30. The Bertz CT molecular complexity index is 999. The molecule has 2 heterocycles. The van der Waals surface area contributed by atoms with Crippen molar-refractivity contribution in [1.29, 1.82) is 0 Å². The molecule has 1 aromatic carbocycles. The van der Waals surface area contributed by atoms with E-state index in [1.54, 1.807) is 12.1 Å². The quantitative estimate of drug-likeness (QED) is 0.433. The predicted octanol–water partition coefficient (Wildman–Crippen LogP) is 5.39. The average Bonchev–Trinajstić information content (AvgIpc) is 3.08. The number of aryl methyl sites for hydroxylation is 1. The molecule has 0 spiro atoms. The second kappa shape index (κ2) is 8.45. The van der Waals surface area contributed by atoms with Gasteiger partial charge in [0, 0.05) is 17.3 Å². The SMILES string of the molecule is CCOC(=O)c1sc2nc(-c3ccc(O)cc3)c(NC3CCCCCC3)n2c1C. The third-order valence-electron chi connectivity index (χ3n) is 5.50. The zero-order chi connectivity index (χ0) is 20.4. The highest BCUT2D eigenvalue weighted by Crippen LogP contribution is 2.36. The number of anilines is 1. The zero-order valence-corrected chi connectivity index (χ0v) is 17.7. The van der Waals surface area contributed by atoms with Gasteiger partial charge in [0.1, 0.15) is 22.1 Å². The molecule has 2 aromatic heterocycles. The lowest BCUT2D eigenvalue weighted by Crippen LogP contribution is -2.20. The fourth-order valence-corrected chi connectivity index (χ4v) is 5.02. The number of nitrogens with zero attached hydrogens (tertiary/aromatic N) is 2. The highest BCUT2D eigenvalue weighted by atomic mass is 32.1. The van der Waals surface area contributed by atoms with Crippen LogP contribution in [0.3, 0.4) is 0 Å². The number of aromatic hydroxyl groups is 1. The normalized spacial score (nSPS) is 15.4. The number of rotatable bonds is 5.